The maximum Gasteiger partial charge on any atom is 0.0757 e. The molecule has 1 aliphatic carbocycles. The van der Waals surface area contributed by atoms with Gasteiger partial charge in [-0.2, -0.15) is 0 Å². The lowest BCUT2D eigenvalue weighted by atomic mass is 10.2. The van der Waals surface area contributed by atoms with Crippen LogP contribution in [0.3, 0.4) is 0 Å². The van der Waals surface area contributed by atoms with Gasteiger partial charge in [0.2, 0.25) is 0 Å². The van der Waals surface area contributed by atoms with Gasteiger partial charge in [-0.3, -0.25) is 4.67 Å². The van der Waals surface area contributed by atoms with Crippen LogP contribution in [0.5, 0.6) is 0 Å². The Labute approximate surface area is 117 Å². The average molecular weight is 269 g/mol. The van der Waals surface area contributed by atoms with Gasteiger partial charge in [-0.05, 0) is 50.7 Å². The molecule has 2 saturated heterocycles. The minimum atomic E-state index is -0.317. The van der Waals surface area contributed by atoms with Gasteiger partial charge in [0, 0.05) is 30.5 Å². The lowest BCUT2D eigenvalue weighted by Gasteiger charge is -2.34. The van der Waals surface area contributed by atoms with Crippen LogP contribution >= 0.6 is 8.22 Å². The molecule has 1 saturated carbocycles. The first-order valence-electron chi connectivity index (χ1n) is 7.04. The molecular weight excluding hydrogens is 251 g/mol. The lowest BCUT2D eigenvalue weighted by molar-refractivity contribution is 0.466. The molecule has 2 nitrogen and oxygen atoms in total. The highest BCUT2D eigenvalue weighted by Gasteiger charge is 2.46. The minimum Gasteiger partial charge on any atom is -0.336 e. The molecule has 0 N–H and O–H groups in total. The summed E-state index contributed by atoms with van der Waals surface area (Å²) in [6.07, 6.45) is 11.7. The first kappa shape index (κ1) is 12.2. The van der Waals surface area contributed by atoms with Gasteiger partial charge < -0.3 is 4.67 Å². The zero-order chi connectivity index (χ0) is 12.7. The van der Waals surface area contributed by atoms with Crippen LogP contribution in [0.1, 0.15) is 12.8 Å². The van der Waals surface area contributed by atoms with Gasteiger partial charge >= 0.3 is 0 Å². The number of hydrogen-bond acceptors (Lipinski definition) is 2. The summed E-state index contributed by atoms with van der Waals surface area (Å²) in [7, 11) is -0.317. The van der Waals surface area contributed by atoms with E-state index in [9.17, 15) is 0 Å². The van der Waals surface area contributed by atoms with E-state index < -0.39 is 0 Å². The van der Waals surface area contributed by atoms with Gasteiger partial charge in [0.25, 0.3) is 0 Å². The van der Waals surface area contributed by atoms with Crippen molar-refractivity contribution < 1.29 is 0 Å². The maximum absolute atomic E-state index is 2.75. The smallest absolute Gasteiger partial charge is 0.0757 e. The van der Waals surface area contributed by atoms with Crippen molar-refractivity contribution in [1.29, 1.82) is 0 Å². The van der Waals surface area contributed by atoms with Crippen LogP contribution in [0, 0.1) is 31.3 Å². The van der Waals surface area contributed by atoms with Crippen LogP contribution in [-0.4, -0.2) is 23.8 Å². The molecule has 0 aromatic heterocycles. The Bertz CT molecular complexity index is 430. The molecule has 4 rings (SSSR count). The molecular formula is C16H18N2P. The SMILES string of the molecule is [CH]1[CH][CH][C](P2N(c3ccccc3)C[C@@H]3CCCN32)[CH]1. The third kappa shape index (κ3) is 2.10. The van der Waals surface area contributed by atoms with Crippen molar-refractivity contribution in [1.82, 2.24) is 4.67 Å². The fourth-order valence-electron chi connectivity index (χ4n) is 3.27. The van der Waals surface area contributed by atoms with Crippen LogP contribution in [0.2, 0.25) is 0 Å². The molecule has 1 aromatic rings. The highest BCUT2D eigenvalue weighted by Crippen LogP contribution is 2.65. The second-order valence-electron chi connectivity index (χ2n) is 5.31. The summed E-state index contributed by atoms with van der Waals surface area (Å²) in [6, 6.07) is 11.7. The van der Waals surface area contributed by atoms with Crippen LogP contribution in [0.15, 0.2) is 30.3 Å². The van der Waals surface area contributed by atoms with E-state index in [1.165, 1.54) is 37.3 Å². The molecule has 1 unspecified atom stereocenters. The van der Waals surface area contributed by atoms with Crippen LogP contribution in [-0.2, 0) is 0 Å². The Balaban J connectivity index is 1.65. The van der Waals surface area contributed by atoms with Gasteiger partial charge in [0.1, 0.15) is 0 Å². The zero-order valence-corrected chi connectivity index (χ0v) is 11.8. The van der Waals surface area contributed by atoms with Crippen molar-refractivity contribution in [3.05, 3.63) is 61.7 Å². The number of fused-ring (bicyclic) bond motifs is 1. The predicted octanol–water partition coefficient (Wildman–Crippen LogP) is 3.65. The van der Waals surface area contributed by atoms with E-state index in [1.807, 2.05) is 0 Å². The first-order valence-corrected chi connectivity index (χ1v) is 8.29. The van der Waals surface area contributed by atoms with E-state index in [2.05, 4.69) is 65.4 Å². The number of hydrogen-bond donors (Lipinski definition) is 0. The van der Waals surface area contributed by atoms with E-state index >= 15 is 0 Å². The fourth-order valence-corrected chi connectivity index (χ4v) is 6.09. The average Bonchev–Trinajstić information content (AvgIpc) is 3.15. The molecule has 1 aromatic carbocycles. The molecule has 2 atom stereocenters. The minimum absolute atomic E-state index is 0.317. The Kier molecular flexibility index (Phi) is 3.25. The van der Waals surface area contributed by atoms with Crippen molar-refractivity contribution in [2.45, 2.75) is 18.9 Å². The molecule has 3 aliphatic rings. The normalized spacial score (nSPS) is 32.1. The summed E-state index contributed by atoms with van der Waals surface area (Å²) in [4.78, 5) is 0. The monoisotopic (exact) mass is 269 g/mol. The van der Waals surface area contributed by atoms with Gasteiger partial charge in [-0.1, -0.05) is 18.2 Å². The Morgan fingerprint density at radius 3 is 2.63 bits per heavy atom. The molecule has 0 spiro atoms. The zero-order valence-electron chi connectivity index (χ0n) is 10.9. The summed E-state index contributed by atoms with van der Waals surface area (Å²) in [5.41, 5.74) is 2.88. The van der Waals surface area contributed by atoms with E-state index in [0.29, 0.717) is 0 Å². The number of para-hydroxylation sites is 1. The van der Waals surface area contributed by atoms with Crippen LogP contribution in [0.25, 0.3) is 0 Å². The molecule has 3 fully saturated rings. The summed E-state index contributed by atoms with van der Waals surface area (Å²) in [5.74, 6) is 0. The van der Waals surface area contributed by atoms with Crippen molar-refractivity contribution in [3.8, 4) is 0 Å². The van der Waals surface area contributed by atoms with E-state index in [4.69, 9.17) is 0 Å². The molecule has 19 heavy (non-hydrogen) atoms. The number of nitrogens with zero attached hydrogens (tertiary/aromatic N) is 2. The largest absolute Gasteiger partial charge is 0.336 e. The number of rotatable bonds is 2. The summed E-state index contributed by atoms with van der Waals surface area (Å²) in [6.45, 7) is 2.46. The first-order chi connectivity index (χ1) is 9.43. The third-order valence-corrected chi connectivity index (χ3v) is 6.76. The highest BCUT2D eigenvalue weighted by atomic mass is 31.1. The maximum atomic E-state index is 2.75. The molecule has 0 amide bonds. The Hall–Kier alpha value is -0.590. The topological polar surface area (TPSA) is 6.48 Å². The van der Waals surface area contributed by atoms with Crippen LogP contribution < -0.4 is 4.67 Å². The van der Waals surface area contributed by atoms with Gasteiger partial charge in [0.05, 0.1) is 8.22 Å². The molecule has 3 heteroatoms. The van der Waals surface area contributed by atoms with E-state index in [1.54, 1.807) is 0 Å². The Morgan fingerprint density at radius 1 is 1.05 bits per heavy atom. The van der Waals surface area contributed by atoms with Crippen LogP contribution in [0.4, 0.5) is 5.69 Å². The van der Waals surface area contributed by atoms with Gasteiger partial charge in [-0.25, -0.2) is 0 Å². The van der Waals surface area contributed by atoms with Crippen molar-refractivity contribution >= 4 is 13.9 Å². The van der Waals surface area contributed by atoms with Gasteiger partial charge in [0.15, 0.2) is 0 Å². The quantitative estimate of drug-likeness (QED) is 0.756. The molecule has 5 radical (unpaired) electrons. The van der Waals surface area contributed by atoms with Crippen molar-refractivity contribution in [2.75, 3.05) is 17.8 Å². The molecule has 97 valence electrons. The molecule has 0 bridgehead atoms. The van der Waals surface area contributed by atoms with E-state index in [-0.39, 0.29) is 8.22 Å². The fraction of sp³-hybridized carbons (Fsp3) is 0.312. The van der Waals surface area contributed by atoms with Crippen molar-refractivity contribution in [3.63, 3.8) is 0 Å². The molecule has 2 aliphatic heterocycles. The highest BCUT2D eigenvalue weighted by molar-refractivity contribution is 7.61. The third-order valence-electron chi connectivity index (χ3n) is 4.13. The molecule has 2 heterocycles. The second-order valence-corrected chi connectivity index (χ2v) is 7.40. The second kappa shape index (κ2) is 5.07. The summed E-state index contributed by atoms with van der Waals surface area (Å²) in [5, 5.41) is 0. The van der Waals surface area contributed by atoms with Gasteiger partial charge in [-0.15, -0.1) is 0 Å². The summed E-state index contributed by atoms with van der Waals surface area (Å²) < 4.78 is 5.38. The number of benzene rings is 1. The lowest BCUT2D eigenvalue weighted by Crippen LogP contribution is -2.20. The number of anilines is 1. The standard InChI is InChI=1S/C16H18N2P/c1-2-7-14(8-3-1)18-13-15-9-6-12-17(15)19(18)16-10-4-5-11-16/h1-5,7-8,10-11,15H,6,9,12-13H2/t15-,19?/m0/s1. The summed E-state index contributed by atoms with van der Waals surface area (Å²) >= 11 is 0. The Morgan fingerprint density at radius 2 is 1.84 bits per heavy atom. The van der Waals surface area contributed by atoms with E-state index in [0.717, 1.165) is 6.04 Å². The van der Waals surface area contributed by atoms with Crippen molar-refractivity contribution in [2.24, 2.45) is 0 Å². The predicted molar refractivity (Wildman–Crippen MR) is 80.9 cm³/mol.